The average molecular weight is 953 g/mol. The number of hydrogen-bond acceptors (Lipinski definition) is 6. The zero-order chi connectivity index (χ0) is 50.0. The summed E-state index contributed by atoms with van der Waals surface area (Å²) in [6.07, 6.45) is 78.6. The lowest BCUT2D eigenvalue weighted by Crippen LogP contribution is -2.30. The second-order valence-electron chi connectivity index (χ2n) is 17.9. The summed E-state index contributed by atoms with van der Waals surface area (Å²) in [5.74, 6) is -1.02. The van der Waals surface area contributed by atoms with Crippen molar-refractivity contribution in [1.29, 1.82) is 0 Å². The molecule has 0 aromatic carbocycles. The van der Waals surface area contributed by atoms with E-state index in [1.165, 1.54) is 103 Å². The van der Waals surface area contributed by atoms with Crippen LogP contribution in [0.2, 0.25) is 0 Å². The van der Waals surface area contributed by atoms with E-state index in [0.717, 1.165) is 70.6 Å². The van der Waals surface area contributed by atoms with Crippen molar-refractivity contribution >= 4 is 17.9 Å². The highest BCUT2D eigenvalue weighted by Gasteiger charge is 2.19. The lowest BCUT2D eigenvalue weighted by atomic mass is 10.0. The molecule has 0 fully saturated rings. The number of allylic oxidation sites excluding steroid dienone is 22. The van der Waals surface area contributed by atoms with E-state index < -0.39 is 6.10 Å². The predicted molar refractivity (Wildman–Crippen MR) is 297 cm³/mol. The molecule has 1 atom stereocenters. The Kier molecular flexibility index (Phi) is 52.5. The van der Waals surface area contributed by atoms with Crippen LogP contribution in [0, 0.1) is 0 Å². The van der Waals surface area contributed by atoms with Crippen LogP contribution in [-0.2, 0) is 28.6 Å². The maximum Gasteiger partial charge on any atom is 0.306 e. The predicted octanol–water partition coefficient (Wildman–Crippen LogP) is 18.6. The normalized spacial score (nSPS) is 13.1. The van der Waals surface area contributed by atoms with Gasteiger partial charge in [0, 0.05) is 19.3 Å². The highest BCUT2D eigenvalue weighted by Crippen LogP contribution is 2.15. The van der Waals surface area contributed by atoms with Gasteiger partial charge in [0.1, 0.15) is 13.2 Å². The summed E-state index contributed by atoms with van der Waals surface area (Å²) in [5, 5.41) is 0. The molecule has 0 aromatic rings. The highest BCUT2D eigenvalue weighted by molar-refractivity contribution is 5.71. The fraction of sp³-hybridized carbons (Fsp3) is 0.603. The number of rotatable bonds is 48. The Morgan fingerprint density at radius 3 is 1.09 bits per heavy atom. The Labute approximate surface area is 424 Å². The van der Waals surface area contributed by atoms with Crippen molar-refractivity contribution in [3.05, 3.63) is 134 Å². The van der Waals surface area contributed by atoms with E-state index in [9.17, 15) is 14.4 Å². The molecule has 0 aromatic heterocycles. The molecular weight excluding hydrogens is 853 g/mol. The Morgan fingerprint density at radius 2 is 0.638 bits per heavy atom. The molecule has 0 saturated heterocycles. The highest BCUT2D eigenvalue weighted by atomic mass is 16.6. The summed E-state index contributed by atoms with van der Waals surface area (Å²) in [6, 6.07) is 0. The Bertz CT molecular complexity index is 1510. The minimum absolute atomic E-state index is 0.117. The van der Waals surface area contributed by atoms with Gasteiger partial charge in [-0.3, -0.25) is 14.4 Å². The third-order valence-electron chi connectivity index (χ3n) is 11.3. The lowest BCUT2D eigenvalue weighted by molar-refractivity contribution is -0.167. The van der Waals surface area contributed by atoms with Gasteiger partial charge in [0.15, 0.2) is 6.10 Å². The van der Waals surface area contributed by atoms with Gasteiger partial charge in [-0.05, 0) is 77.0 Å². The van der Waals surface area contributed by atoms with Gasteiger partial charge < -0.3 is 14.2 Å². The molecule has 69 heavy (non-hydrogen) atoms. The van der Waals surface area contributed by atoms with Gasteiger partial charge in [-0.15, -0.1) is 0 Å². The number of unbranched alkanes of at least 4 members (excludes halogenated alkanes) is 21. The molecule has 0 aliphatic rings. The van der Waals surface area contributed by atoms with E-state index in [-0.39, 0.29) is 44.0 Å². The summed E-state index contributed by atoms with van der Waals surface area (Å²) in [6.45, 7) is 6.37. The molecular formula is C63H100O6. The fourth-order valence-electron chi connectivity index (χ4n) is 7.18. The standard InChI is InChI=1S/C63H100O6/c1-4-7-10-13-16-19-22-25-28-30-31-33-35-38-41-44-47-50-53-56-62(65)68-59-60(58-67-61(64)55-52-49-46-43-40-37-34-27-24-21-18-15-12-9-6-3)69-63(66)57-54-51-48-45-42-39-36-32-29-26-23-20-17-14-11-8-5-2/h7,10,13,16-17,19-20,22,25-26,28-31,33,35-36,38-39,41,45,48,60H,4-6,8-9,11-12,14-15,18,21,23-24,27,32,34,37,40,42-44,46-47,49-59H2,1-3H3/b10-7-,16-13-,20-17-,22-19-,28-25-,29-26-,31-30+,35-33-,39-36-,41-38-,48-45-. The maximum atomic E-state index is 12.8. The van der Waals surface area contributed by atoms with Crippen molar-refractivity contribution < 1.29 is 28.6 Å². The molecule has 6 heteroatoms. The monoisotopic (exact) mass is 953 g/mol. The summed E-state index contributed by atoms with van der Waals surface area (Å²) >= 11 is 0. The number of hydrogen-bond donors (Lipinski definition) is 0. The maximum absolute atomic E-state index is 12.8. The third-order valence-corrected chi connectivity index (χ3v) is 11.3. The molecule has 0 spiro atoms. The van der Waals surface area contributed by atoms with Crippen LogP contribution in [0.5, 0.6) is 0 Å². The molecule has 0 aliphatic carbocycles. The number of carbonyl (C=O) groups is 3. The quantitative estimate of drug-likeness (QED) is 0.0199. The molecule has 0 heterocycles. The molecule has 0 bridgehead atoms. The molecule has 6 nitrogen and oxygen atoms in total. The van der Waals surface area contributed by atoms with Crippen LogP contribution in [0.25, 0.3) is 0 Å². The summed E-state index contributed by atoms with van der Waals surface area (Å²) in [7, 11) is 0. The molecule has 0 radical (unpaired) electrons. The van der Waals surface area contributed by atoms with Crippen LogP contribution >= 0.6 is 0 Å². The smallest absolute Gasteiger partial charge is 0.306 e. The first-order chi connectivity index (χ1) is 34.0. The van der Waals surface area contributed by atoms with E-state index in [1.807, 2.05) is 72.9 Å². The van der Waals surface area contributed by atoms with Crippen molar-refractivity contribution in [1.82, 2.24) is 0 Å². The van der Waals surface area contributed by atoms with Gasteiger partial charge in [-0.25, -0.2) is 0 Å². The van der Waals surface area contributed by atoms with Crippen LogP contribution < -0.4 is 0 Å². The van der Waals surface area contributed by atoms with Crippen molar-refractivity contribution in [2.45, 2.75) is 232 Å². The van der Waals surface area contributed by atoms with Crippen LogP contribution in [0.1, 0.15) is 226 Å². The van der Waals surface area contributed by atoms with E-state index in [2.05, 4.69) is 81.5 Å². The van der Waals surface area contributed by atoms with Crippen LogP contribution in [0.15, 0.2) is 134 Å². The molecule has 0 aliphatic heterocycles. The number of carbonyl (C=O) groups excluding carboxylic acids is 3. The largest absolute Gasteiger partial charge is 0.462 e. The minimum Gasteiger partial charge on any atom is -0.462 e. The first-order valence-electron chi connectivity index (χ1n) is 27.8. The SMILES string of the molecule is CC\C=C/C=C\C=C/C=C\C=C\C=C/C=C\CCCCCC(=O)OCC(COC(=O)CCCCCCCCCCCCCCCCC)OC(=O)CCC/C=C\C/C=C\C/C=C\C/C=C\CCCCC. The minimum atomic E-state index is -0.829. The van der Waals surface area contributed by atoms with Gasteiger partial charge >= 0.3 is 17.9 Å². The third kappa shape index (κ3) is 54.4. The zero-order valence-corrected chi connectivity index (χ0v) is 44.3. The summed E-state index contributed by atoms with van der Waals surface area (Å²) in [5.41, 5.74) is 0. The van der Waals surface area contributed by atoms with Crippen molar-refractivity contribution in [3.63, 3.8) is 0 Å². The van der Waals surface area contributed by atoms with Gasteiger partial charge in [0.2, 0.25) is 0 Å². The summed E-state index contributed by atoms with van der Waals surface area (Å²) in [4.78, 5) is 38.1. The fourth-order valence-corrected chi connectivity index (χ4v) is 7.18. The zero-order valence-electron chi connectivity index (χ0n) is 44.3. The number of ether oxygens (including phenoxy) is 3. The molecule has 388 valence electrons. The van der Waals surface area contributed by atoms with Gasteiger partial charge in [-0.1, -0.05) is 264 Å². The Hall–Kier alpha value is -4.45. The Balaban J connectivity index is 4.59. The van der Waals surface area contributed by atoms with E-state index >= 15 is 0 Å². The Morgan fingerprint density at radius 1 is 0.319 bits per heavy atom. The van der Waals surface area contributed by atoms with Crippen molar-refractivity contribution in [3.8, 4) is 0 Å². The van der Waals surface area contributed by atoms with Crippen molar-refractivity contribution in [2.24, 2.45) is 0 Å². The van der Waals surface area contributed by atoms with Crippen LogP contribution in [0.4, 0.5) is 0 Å². The molecule has 0 N–H and O–H groups in total. The van der Waals surface area contributed by atoms with E-state index in [0.29, 0.717) is 19.3 Å². The molecule has 0 amide bonds. The molecule has 1 unspecified atom stereocenters. The topological polar surface area (TPSA) is 78.9 Å². The van der Waals surface area contributed by atoms with E-state index in [4.69, 9.17) is 14.2 Å². The van der Waals surface area contributed by atoms with Gasteiger partial charge in [-0.2, -0.15) is 0 Å². The second kappa shape index (κ2) is 56.1. The summed E-state index contributed by atoms with van der Waals surface area (Å²) < 4.78 is 16.8. The van der Waals surface area contributed by atoms with Crippen LogP contribution in [-0.4, -0.2) is 37.2 Å². The average Bonchev–Trinajstić information content (AvgIpc) is 3.35. The van der Waals surface area contributed by atoms with Gasteiger partial charge in [0.05, 0.1) is 0 Å². The molecule has 0 rings (SSSR count). The first kappa shape index (κ1) is 64.5. The van der Waals surface area contributed by atoms with Crippen molar-refractivity contribution in [2.75, 3.05) is 13.2 Å². The van der Waals surface area contributed by atoms with Gasteiger partial charge in [0.25, 0.3) is 0 Å². The second-order valence-corrected chi connectivity index (χ2v) is 17.9. The van der Waals surface area contributed by atoms with E-state index in [1.54, 1.807) is 0 Å². The molecule has 0 saturated carbocycles. The number of esters is 3. The van der Waals surface area contributed by atoms with Crippen LogP contribution in [0.3, 0.4) is 0 Å². The first-order valence-corrected chi connectivity index (χ1v) is 27.8. The lowest BCUT2D eigenvalue weighted by Gasteiger charge is -2.18.